The van der Waals surface area contributed by atoms with E-state index in [0.29, 0.717) is 5.56 Å². The summed E-state index contributed by atoms with van der Waals surface area (Å²) in [6.07, 6.45) is 1.69. The highest BCUT2D eigenvalue weighted by molar-refractivity contribution is 5.89. The molecule has 0 saturated carbocycles. The molecule has 3 heteroatoms. The molecule has 3 nitrogen and oxygen atoms in total. The van der Waals surface area contributed by atoms with E-state index < -0.39 is 0 Å². The molecule has 0 aliphatic carbocycles. The smallest absolute Gasteiger partial charge is 0.338 e. The van der Waals surface area contributed by atoms with Gasteiger partial charge >= 0.3 is 5.97 Å². The van der Waals surface area contributed by atoms with E-state index in [1.807, 2.05) is 50.2 Å². The molecular weight excluding hydrogens is 312 g/mol. The number of ether oxygens (including phenoxy) is 2. The molecule has 0 bridgehead atoms. The summed E-state index contributed by atoms with van der Waals surface area (Å²) in [6, 6.07) is 19.2. The van der Waals surface area contributed by atoms with E-state index in [1.165, 1.54) is 5.56 Å². The normalized spacial score (nSPS) is 13.0. The van der Waals surface area contributed by atoms with Gasteiger partial charge in [0.25, 0.3) is 0 Å². The Bertz CT molecular complexity index is 605. The minimum atomic E-state index is -0.318. The topological polar surface area (TPSA) is 35.5 Å². The molecule has 2 atom stereocenters. The summed E-state index contributed by atoms with van der Waals surface area (Å²) < 4.78 is 11.2. The van der Waals surface area contributed by atoms with Crippen LogP contribution in [-0.2, 0) is 9.47 Å². The van der Waals surface area contributed by atoms with E-state index in [9.17, 15) is 4.79 Å². The summed E-state index contributed by atoms with van der Waals surface area (Å²) >= 11 is 0. The van der Waals surface area contributed by atoms with Crippen molar-refractivity contribution in [2.45, 2.75) is 38.9 Å². The molecular formula is C22H26O3. The SMILES string of the molecule is C=C(CCC(C)OC(C)COC(=O)c1ccccc1)c1ccccc1. The molecule has 132 valence electrons. The van der Waals surface area contributed by atoms with Crippen LogP contribution in [0.25, 0.3) is 5.57 Å². The van der Waals surface area contributed by atoms with Crippen LogP contribution in [0, 0.1) is 0 Å². The van der Waals surface area contributed by atoms with E-state index in [4.69, 9.17) is 9.47 Å². The van der Waals surface area contributed by atoms with Crippen LogP contribution in [-0.4, -0.2) is 24.8 Å². The Kier molecular flexibility index (Phi) is 7.42. The molecule has 2 rings (SSSR count). The van der Waals surface area contributed by atoms with E-state index in [2.05, 4.69) is 18.7 Å². The van der Waals surface area contributed by atoms with Crippen molar-refractivity contribution >= 4 is 11.5 Å². The maximum atomic E-state index is 11.9. The number of allylic oxidation sites excluding steroid dienone is 1. The maximum Gasteiger partial charge on any atom is 0.338 e. The molecule has 0 N–H and O–H groups in total. The van der Waals surface area contributed by atoms with Crippen LogP contribution in [0.4, 0.5) is 0 Å². The molecule has 25 heavy (non-hydrogen) atoms. The Labute approximate surface area is 150 Å². The van der Waals surface area contributed by atoms with E-state index in [0.717, 1.165) is 18.4 Å². The number of rotatable bonds is 9. The van der Waals surface area contributed by atoms with Crippen molar-refractivity contribution in [1.29, 1.82) is 0 Å². The van der Waals surface area contributed by atoms with Gasteiger partial charge in [-0.3, -0.25) is 0 Å². The molecule has 0 radical (unpaired) electrons. The highest BCUT2D eigenvalue weighted by Gasteiger charge is 2.13. The molecule has 0 fully saturated rings. The van der Waals surface area contributed by atoms with Gasteiger partial charge in [0.1, 0.15) is 6.61 Å². The molecule has 0 amide bonds. The van der Waals surface area contributed by atoms with E-state index >= 15 is 0 Å². The van der Waals surface area contributed by atoms with Crippen LogP contribution in [0.5, 0.6) is 0 Å². The first-order valence-electron chi connectivity index (χ1n) is 8.67. The molecule has 0 aromatic heterocycles. The van der Waals surface area contributed by atoms with Crippen LogP contribution >= 0.6 is 0 Å². The average molecular weight is 338 g/mol. The van der Waals surface area contributed by atoms with Gasteiger partial charge in [0.15, 0.2) is 0 Å². The third kappa shape index (κ3) is 6.55. The van der Waals surface area contributed by atoms with Crippen molar-refractivity contribution in [3.63, 3.8) is 0 Å². The quantitative estimate of drug-likeness (QED) is 0.595. The molecule has 0 aliphatic heterocycles. The number of carbonyl (C=O) groups is 1. The molecule has 0 heterocycles. The summed E-state index contributed by atoms with van der Waals surface area (Å²) in [6.45, 7) is 8.34. The fourth-order valence-electron chi connectivity index (χ4n) is 2.55. The van der Waals surface area contributed by atoms with Gasteiger partial charge in [-0.25, -0.2) is 4.79 Å². The Morgan fingerprint density at radius 2 is 1.48 bits per heavy atom. The van der Waals surface area contributed by atoms with Gasteiger partial charge in [0, 0.05) is 0 Å². The molecule has 0 spiro atoms. The highest BCUT2D eigenvalue weighted by atomic mass is 16.6. The zero-order chi connectivity index (χ0) is 18.1. The summed E-state index contributed by atoms with van der Waals surface area (Å²) in [5, 5.41) is 0. The standard InChI is InChI=1S/C22H26O3/c1-17(20-10-6-4-7-11-20)14-15-18(2)25-19(3)16-24-22(23)21-12-8-5-9-13-21/h4-13,18-19H,1,14-16H2,2-3H3. The van der Waals surface area contributed by atoms with Crippen molar-refractivity contribution < 1.29 is 14.3 Å². The van der Waals surface area contributed by atoms with Gasteiger partial charge in [-0.05, 0) is 50.0 Å². The second-order valence-electron chi connectivity index (χ2n) is 6.23. The van der Waals surface area contributed by atoms with Crippen LogP contribution < -0.4 is 0 Å². The fraction of sp³-hybridized carbons (Fsp3) is 0.318. The van der Waals surface area contributed by atoms with Gasteiger partial charge in [-0.2, -0.15) is 0 Å². The van der Waals surface area contributed by atoms with E-state index in [1.54, 1.807) is 12.1 Å². The lowest BCUT2D eigenvalue weighted by Gasteiger charge is -2.19. The number of benzene rings is 2. The Hall–Kier alpha value is -2.39. The van der Waals surface area contributed by atoms with Crippen molar-refractivity contribution in [2.75, 3.05) is 6.61 Å². The predicted octanol–water partition coefficient (Wildman–Crippen LogP) is 5.13. The van der Waals surface area contributed by atoms with E-state index in [-0.39, 0.29) is 24.8 Å². The molecule has 2 unspecified atom stereocenters. The number of hydrogen-bond donors (Lipinski definition) is 0. The minimum Gasteiger partial charge on any atom is -0.459 e. The average Bonchev–Trinajstić information content (AvgIpc) is 2.65. The number of esters is 1. The fourth-order valence-corrected chi connectivity index (χ4v) is 2.55. The second kappa shape index (κ2) is 9.80. The lowest BCUT2D eigenvalue weighted by Crippen LogP contribution is -2.23. The van der Waals surface area contributed by atoms with Crippen molar-refractivity contribution in [3.8, 4) is 0 Å². The van der Waals surface area contributed by atoms with Gasteiger partial charge < -0.3 is 9.47 Å². The minimum absolute atomic E-state index is 0.0749. The Balaban J connectivity index is 1.68. The summed E-state index contributed by atoms with van der Waals surface area (Å²) in [5.74, 6) is -0.318. The van der Waals surface area contributed by atoms with Crippen LogP contribution in [0.3, 0.4) is 0 Å². The molecule has 0 aliphatic rings. The van der Waals surface area contributed by atoms with Gasteiger partial charge in [0.2, 0.25) is 0 Å². The zero-order valence-electron chi connectivity index (χ0n) is 15.0. The largest absolute Gasteiger partial charge is 0.459 e. The zero-order valence-corrected chi connectivity index (χ0v) is 15.0. The second-order valence-corrected chi connectivity index (χ2v) is 6.23. The van der Waals surface area contributed by atoms with Crippen LogP contribution in [0.15, 0.2) is 67.2 Å². The number of hydrogen-bond acceptors (Lipinski definition) is 3. The maximum absolute atomic E-state index is 11.9. The highest BCUT2D eigenvalue weighted by Crippen LogP contribution is 2.19. The summed E-state index contributed by atoms with van der Waals surface area (Å²) in [7, 11) is 0. The third-order valence-electron chi connectivity index (χ3n) is 3.96. The van der Waals surface area contributed by atoms with Crippen molar-refractivity contribution in [2.24, 2.45) is 0 Å². The van der Waals surface area contributed by atoms with Gasteiger partial charge in [-0.1, -0.05) is 55.1 Å². The summed E-state index contributed by atoms with van der Waals surface area (Å²) in [4.78, 5) is 11.9. The van der Waals surface area contributed by atoms with Crippen LogP contribution in [0.1, 0.15) is 42.6 Å². The van der Waals surface area contributed by atoms with Crippen molar-refractivity contribution in [3.05, 3.63) is 78.4 Å². The predicted molar refractivity (Wildman–Crippen MR) is 101 cm³/mol. The Morgan fingerprint density at radius 1 is 0.920 bits per heavy atom. The number of carbonyl (C=O) groups excluding carboxylic acids is 1. The first kappa shape index (κ1) is 18.9. The van der Waals surface area contributed by atoms with Gasteiger partial charge in [-0.15, -0.1) is 0 Å². The van der Waals surface area contributed by atoms with Crippen molar-refractivity contribution in [1.82, 2.24) is 0 Å². The third-order valence-corrected chi connectivity index (χ3v) is 3.96. The monoisotopic (exact) mass is 338 g/mol. The van der Waals surface area contributed by atoms with Gasteiger partial charge in [0.05, 0.1) is 17.8 Å². The molecule has 2 aromatic rings. The Morgan fingerprint density at radius 3 is 2.08 bits per heavy atom. The molecule has 2 aromatic carbocycles. The first-order chi connectivity index (χ1) is 12.1. The summed E-state index contributed by atoms with van der Waals surface area (Å²) in [5.41, 5.74) is 2.83. The molecule has 0 saturated heterocycles. The first-order valence-corrected chi connectivity index (χ1v) is 8.67. The lowest BCUT2D eigenvalue weighted by atomic mass is 10.0. The lowest BCUT2D eigenvalue weighted by molar-refractivity contribution is -0.0337. The van der Waals surface area contributed by atoms with Crippen LogP contribution in [0.2, 0.25) is 0 Å².